The second-order valence-electron chi connectivity index (χ2n) is 4.54. The van der Waals surface area contributed by atoms with Crippen LogP contribution in [0.3, 0.4) is 0 Å². The molecule has 0 radical (unpaired) electrons. The Hall–Kier alpha value is -1.26. The van der Waals surface area contributed by atoms with Gasteiger partial charge in [0.25, 0.3) is 0 Å². The molecule has 18 heavy (non-hydrogen) atoms. The van der Waals surface area contributed by atoms with Gasteiger partial charge < -0.3 is 5.73 Å². The number of nitrogens with zero attached hydrogens (tertiary/aromatic N) is 3. The van der Waals surface area contributed by atoms with Crippen molar-refractivity contribution in [3.8, 4) is 0 Å². The summed E-state index contributed by atoms with van der Waals surface area (Å²) >= 11 is 11.9. The Morgan fingerprint density at radius 1 is 1.28 bits per heavy atom. The molecule has 3 rings (SSSR count). The van der Waals surface area contributed by atoms with E-state index in [1.165, 1.54) is 12.8 Å². The molecule has 0 atom stereocenters. The lowest BCUT2D eigenvalue weighted by molar-refractivity contribution is 0.619. The third-order valence-electron chi connectivity index (χ3n) is 3.08. The zero-order chi connectivity index (χ0) is 12.7. The molecule has 2 N–H and O–H groups in total. The van der Waals surface area contributed by atoms with Gasteiger partial charge >= 0.3 is 0 Å². The molecule has 2 aromatic rings. The van der Waals surface area contributed by atoms with Crippen LogP contribution in [-0.2, 0) is 6.54 Å². The van der Waals surface area contributed by atoms with Crippen molar-refractivity contribution >= 4 is 29.0 Å². The van der Waals surface area contributed by atoms with Crippen molar-refractivity contribution in [3.63, 3.8) is 0 Å². The molecule has 1 heterocycles. The molecule has 0 spiro atoms. The van der Waals surface area contributed by atoms with Crippen LogP contribution in [0.25, 0.3) is 0 Å². The first-order valence-electron chi connectivity index (χ1n) is 5.78. The summed E-state index contributed by atoms with van der Waals surface area (Å²) in [6.07, 6.45) is 2.33. The summed E-state index contributed by atoms with van der Waals surface area (Å²) in [5.74, 6) is 1.06. The molecule has 0 aliphatic heterocycles. The molecule has 0 unspecified atom stereocenters. The molecule has 6 heteroatoms. The molecule has 1 aromatic heterocycles. The number of nitrogens with two attached hydrogens (primary N) is 1. The van der Waals surface area contributed by atoms with Gasteiger partial charge in [-0.3, -0.25) is 0 Å². The van der Waals surface area contributed by atoms with E-state index in [1.807, 2.05) is 16.8 Å². The lowest BCUT2D eigenvalue weighted by Gasteiger charge is -2.07. The van der Waals surface area contributed by atoms with Crippen LogP contribution in [-0.4, -0.2) is 15.0 Å². The van der Waals surface area contributed by atoms with Gasteiger partial charge in [0.15, 0.2) is 5.82 Å². The number of anilines is 1. The molecule has 4 nitrogen and oxygen atoms in total. The predicted octanol–water partition coefficient (Wildman–Crippen LogP) is 3.09. The highest BCUT2D eigenvalue weighted by molar-refractivity contribution is 6.42. The SMILES string of the molecule is Nc1nnn(Cc2ccc(Cl)c(Cl)c2)c1C1CC1. The van der Waals surface area contributed by atoms with Gasteiger partial charge in [-0.1, -0.05) is 34.5 Å². The van der Waals surface area contributed by atoms with E-state index >= 15 is 0 Å². The van der Waals surface area contributed by atoms with Crippen LogP contribution in [0, 0.1) is 0 Å². The Morgan fingerprint density at radius 2 is 2.06 bits per heavy atom. The molecule has 1 fully saturated rings. The highest BCUT2D eigenvalue weighted by atomic mass is 35.5. The number of rotatable bonds is 3. The van der Waals surface area contributed by atoms with E-state index < -0.39 is 0 Å². The maximum atomic E-state index is 6.00. The Morgan fingerprint density at radius 3 is 2.72 bits per heavy atom. The monoisotopic (exact) mass is 282 g/mol. The van der Waals surface area contributed by atoms with E-state index in [0.29, 0.717) is 28.3 Å². The van der Waals surface area contributed by atoms with Crippen molar-refractivity contribution in [2.75, 3.05) is 5.73 Å². The molecule has 94 valence electrons. The highest BCUT2D eigenvalue weighted by Crippen LogP contribution is 2.42. The number of aromatic nitrogens is 3. The van der Waals surface area contributed by atoms with Crippen molar-refractivity contribution in [1.29, 1.82) is 0 Å². The first kappa shape index (κ1) is 11.8. The minimum atomic E-state index is 0.516. The zero-order valence-electron chi connectivity index (χ0n) is 9.61. The zero-order valence-corrected chi connectivity index (χ0v) is 11.1. The molecule has 0 saturated heterocycles. The largest absolute Gasteiger partial charge is 0.381 e. The van der Waals surface area contributed by atoms with Gasteiger partial charge in [-0.25, -0.2) is 4.68 Å². The molecule has 1 aliphatic rings. The highest BCUT2D eigenvalue weighted by Gasteiger charge is 2.30. The lowest BCUT2D eigenvalue weighted by atomic mass is 10.2. The molecule has 1 aromatic carbocycles. The van der Waals surface area contributed by atoms with Crippen LogP contribution in [0.15, 0.2) is 18.2 Å². The predicted molar refractivity (Wildman–Crippen MR) is 72.0 cm³/mol. The van der Waals surface area contributed by atoms with Crippen molar-refractivity contribution in [3.05, 3.63) is 39.5 Å². The molecule has 0 amide bonds. The summed E-state index contributed by atoms with van der Waals surface area (Å²) in [6.45, 7) is 0.618. The van der Waals surface area contributed by atoms with Crippen molar-refractivity contribution < 1.29 is 0 Å². The van der Waals surface area contributed by atoms with Gasteiger partial charge in [0, 0.05) is 5.92 Å². The quantitative estimate of drug-likeness (QED) is 0.941. The van der Waals surface area contributed by atoms with Crippen molar-refractivity contribution in [1.82, 2.24) is 15.0 Å². The summed E-state index contributed by atoms with van der Waals surface area (Å²) in [5.41, 5.74) is 7.93. The van der Waals surface area contributed by atoms with Gasteiger partial charge in [0.05, 0.1) is 22.3 Å². The maximum absolute atomic E-state index is 6.00. The summed E-state index contributed by atoms with van der Waals surface area (Å²) in [7, 11) is 0. The Balaban J connectivity index is 1.89. The third-order valence-corrected chi connectivity index (χ3v) is 3.82. The lowest BCUT2D eigenvalue weighted by Crippen LogP contribution is -2.06. The summed E-state index contributed by atoms with van der Waals surface area (Å²) < 4.78 is 1.85. The number of benzene rings is 1. The number of halogens is 2. The fourth-order valence-corrected chi connectivity index (χ4v) is 2.36. The number of hydrogen-bond donors (Lipinski definition) is 1. The van der Waals surface area contributed by atoms with Crippen LogP contribution in [0.4, 0.5) is 5.82 Å². The maximum Gasteiger partial charge on any atom is 0.169 e. The van der Waals surface area contributed by atoms with Crippen LogP contribution < -0.4 is 5.73 Å². The summed E-state index contributed by atoms with van der Waals surface area (Å²) in [5, 5.41) is 9.14. The molecular weight excluding hydrogens is 271 g/mol. The standard InChI is InChI=1S/C12H12Cl2N4/c13-9-4-1-7(5-10(9)14)6-18-11(8-2-3-8)12(15)16-17-18/h1,4-5,8H,2-3,6,15H2. The van der Waals surface area contributed by atoms with E-state index in [1.54, 1.807) is 6.07 Å². The van der Waals surface area contributed by atoms with E-state index in [4.69, 9.17) is 28.9 Å². The minimum absolute atomic E-state index is 0.516. The van der Waals surface area contributed by atoms with Crippen LogP contribution >= 0.6 is 23.2 Å². The Bertz CT molecular complexity index is 590. The van der Waals surface area contributed by atoms with E-state index in [0.717, 1.165) is 11.3 Å². The second kappa shape index (κ2) is 4.44. The minimum Gasteiger partial charge on any atom is -0.381 e. The van der Waals surface area contributed by atoms with Gasteiger partial charge in [-0.2, -0.15) is 0 Å². The van der Waals surface area contributed by atoms with Gasteiger partial charge in [0.2, 0.25) is 0 Å². The summed E-state index contributed by atoms with van der Waals surface area (Å²) in [4.78, 5) is 0. The smallest absolute Gasteiger partial charge is 0.169 e. The Labute approximate surface area is 115 Å². The number of hydrogen-bond acceptors (Lipinski definition) is 3. The second-order valence-corrected chi connectivity index (χ2v) is 5.35. The van der Waals surface area contributed by atoms with Crippen LogP contribution in [0.5, 0.6) is 0 Å². The average Bonchev–Trinajstić information content (AvgIpc) is 3.10. The van der Waals surface area contributed by atoms with Crippen LogP contribution in [0.2, 0.25) is 10.0 Å². The van der Waals surface area contributed by atoms with Crippen molar-refractivity contribution in [2.24, 2.45) is 0 Å². The van der Waals surface area contributed by atoms with Gasteiger partial charge in [0.1, 0.15) is 0 Å². The normalized spacial score (nSPS) is 15.0. The molecule has 1 aliphatic carbocycles. The molecule has 0 bridgehead atoms. The topological polar surface area (TPSA) is 56.7 Å². The third kappa shape index (κ3) is 2.18. The molecule has 1 saturated carbocycles. The van der Waals surface area contributed by atoms with Crippen molar-refractivity contribution in [2.45, 2.75) is 25.3 Å². The van der Waals surface area contributed by atoms with Gasteiger partial charge in [-0.15, -0.1) is 5.10 Å². The van der Waals surface area contributed by atoms with Crippen LogP contribution in [0.1, 0.15) is 30.0 Å². The molecular formula is C12H12Cl2N4. The Kier molecular flexibility index (Phi) is 2.92. The van der Waals surface area contributed by atoms with E-state index in [9.17, 15) is 0 Å². The first-order valence-corrected chi connectivity index (χ1v) is 6.53. The average molecular weight is 283 g/mol. The van der Waals surface area contributed by atoms with E-state index in [2.05, 4.69) is 10.3 Å². The van der Waals surface area contributed by atoms with Gasteiger partial charge in [-0.05, 0) is 30.5 Å². The van der Waals surface area contributed by atoms with E-state index in [-0.39, 0.29) is 0 Å². The first-order chi connectivity index (χ1) is 8.65. The fraction of sp³-hybridized carbons (Fsp3) is 0.333. The number of nitrogen functional groups attached to an aromatic ring is 1. The summed E-state index contributed by atoms with van der Waals surface area (Å²) in [6, 6.07) is 5.57. The fourth-order valence-electron chi connectivity index (χ4n) is 2.04.